The summed E-state index contributed by atoms with van der Waals surface area (Å²) >= 11 is 0. The first kappa shape index (κ1) is 37.8. The van der Waals surface area contributed by atoms with Crippen LogP contribution in [-0.2, 0) is 13.9 Å². The number of phosphoric acid groups is 1. The van der Waals surface area contributed by atoms with Crippen LogP contribution in [0.3, 0.4) is 0 Å². The summed E-state index contributed by atoms with van der Waals surface area (Å²) in [6.45, 7) is 20.2. The van der Waals surface area contributed by atoms with Crippen molar-refractivity contribution in [3.63, 3.8) is 0 Å². The fourth-order valence-corrected chi connectivity index (χ4v) is 3.13. The second-order valence-corrected chi connectivity index (χ2v) is 8.68. The SMILES string of the molecule is CCN(CC)CC.CCN(CC)CC.O=C(NCCCCCCCCOP(=O)(O)O)C(F)(F)F. The van der Waals surface area contributed by atoms with Crippen LogP contribution in [-0.4, -0.2) is 84.1 Å². The van der Waals surface area contributed by atoms with Crippen LogP contribution in [0.5, 0.6) is 0 Å². The molecule has 1 amide bonds. The van der Waals surface area contributed by atoms with Crippen molar-refractivity contribution < 1.29 is 36.8 Å². The number of amides is 1. The number of carbonyl (C=O) groups is 1. The Balaban J connectivity index is -0.000000558. The Morgan fingerprint density at radius 2 is 1.12 bits per heavy atom. The smallest absolute Gasteiger partial charge is 0.348 e. The van der Waals surface area contributed by atoms with Gasteiger partial charge in [0.25, 0.3) is 0 Å². The third kappa shape index (κ3) is 29.3. The molecule has 0 saturated heterocycles. The van der Waals surface area contributed by atoms with E-state index in [2.05, 4.69) is 55.9 Å². The number of halogens is 3. The van der Waals surface area contributed by atoms with E-state index in [-0.39, 0.29) is 13.2 Å². The standard InChI is InChI=1S/C10H19F3NO5P.2C6H15N/c11-10(12,13)9(15)14-7-5-3-1-2-4-6-8-19-20(16,17)18;2*1-4-7(5-2)6-3/h1-8H2,(H,14,15)(H2,16,17,18);2*4-6H2,1-3H3. The van der Waals surface area contributed by atoms with E-state index in [1.165, 1.54) is 39.3 Å². The zero-order valence-corrected chi connectivity index (χ0v) is 22.9. The van der Waals surface area contributed by atoms with Crippen molar-refractivity contribution in [2.45, 2.75) is 86.2 Å². The van der Waals surface area contributed by atoms with Crippen LogP contribution in [0.15, 0.2) is 0 Å². The predicted octanol–water partition coefficient (Wildman–Crippen LogP) is 4.81. The molecule has 0 saturated carbocycles. The lowest BCUT2D eigenvalue weighted by molar-refractivity contribution is -0.173. The normalized spacial score (nSPS) is 11.6. The van der Waals surface area contributed by atoms with Gasteiger partial charge in [-0.2, -0.15) is 13.2 Å². The van der Waals surface area contributed by atoms with Crippen molar-refractivity contribution in [2.75, 3.05) is 52.4 Å². The number of hydrogen-bond acceptors (Lipinski definition) is 5. The summed E-state index contributed by atoms with van der Waals surface area (Å²) in [6.07, 6.45) is -0.905. The largest absolute Gasteiger partial charge is 0.471 e. The van der Waals surface area contributed by atoms with Crippen molar-refractivity contribution in [1.29, 1.82) is 0 Å². The third-order valence-electron chi connectivity index (χ3n) is 5.06. The maximum Gasteiger partial charge on any atom is 0.471 e. The molecule has 0 aromatic heterocycles. The van der Waals surface area contributed by atoms with Gasteiger partial charge in [0.05, 0.1) is 6.61 Å². The Bertz CT molecular complexity index is 478. The van der Waals surface area contributed by atoms with Gasteiger partial charge in [-0.25, -0.2) is 4.57 Å². The zero-order chi connectivity index (χ0) is 27.0. The minimum absolute atomic E-state index is 0.0142. The predicted molar refractivity (Wildman–Crippen MR) is 132 cm³/mol. The van der Waals surface area contributed by atoms with Gasteiger partial charge < -0.3 is 24.9 Å². The summed E-state index contributed by atoms with van der Waals surface area (Å²) in [7, 11) is -4.39. The molecule has 0 rings (SSSR count). The average Bonchev–Trinajstić information content (AvgIpc) is 2.77. The van der Waals surface area contributed by atoms with Crippen LogP contribution in [0, 0.1) is 0 Å². The number of hydrogen-bond donors (Lipinski definition) is 3. The molecule has 0 aromatic rings. The number of unbranched alkanes of at least 4 members (excludes halogenated alkanes) is 5. The topological polar surface area (TPSA) is 102 Å². The molecule has 0 aromatic carbocycles. The van der Waals surface area contributed by atoms with Gasteiger partial charge in [0, 0.05) is 6.54 Å². The molecular formula is C22H49F3N3O5P. The first-order chi connectivity index (χ1) is 15.8. The number of nitrogens with one attached hydrogen (secondary N) is 1. The third-order valence-corrected chi connectivity index (χ3v) is 5.58. The van der Waals surface area contributed by atoms with Crippen molar-refractivity contribution in [3.8, 4) is 0 Å². The fourth-order valence-electron chi connectivity index (χ4n) is 2.76. The Morgan fingerprint density at radius 1 is 0.765 bits per heavy atom. The van der Waals surface area contributed by atoms with Crippen LogP contribution in [0.2, 0.25) is 0 Å². The molecule has 0 unspecified atom stereocenters. The molecule has 12 heteroatoms. The molecule has 0 aliphatic carbocycles. The Morgan fingerprint density at radius 3 is 1.41 bits per heavy atom. The number of carbonyl (C=O) groups excluding carboxylic acids is 1. The van der Waals surface area contributed by atoms with E-state index < -0.39 is 19.9 Å². The fraction of sp³-hybridized carbons (Fsp3) is 0.955. The average molecular weight is 524 g/mol. The van der Waals surface area contributed by atoms with E-state index in [9.17, 15) is 22.5 Å². The van der Waals surface area contributed by atoms with E-state index in [0.29, 0.717) is 19.3 Å². The van der Waals surface area contributed by atoms with Crippen molar-refractivity contribution in [3.05, 3.63) is 0 Å². The zero-order valence-electron chi connectivity index (χ0n) is 22.0. The number of nitrogens with zero attached hydrogens (tertiary/aromatic N) is 2. The molecule has 0 radical (unpaired) electrons. The van der Waals surface area contributed by atoms with Gasteiger partial charge in [-0.15, -0.1) is 0 Å². The summed E-state index contributed by atoms with van der Waals surface area (Å²) in [5.74, 6) is -1.92. The van der Waals surface area contributed by atoms with Gasteiger partial charge in [-0.1, -0.05) is 67.2 Å². The van der Waals surface area contributed by atoms with E-state index in [4.69, 9.17) is 9.79 Å². The van der Waals surface area contributed by atoms with Crippen molar-refractivity contribution in [1.82, 2.24) is 15.1 Å². The Labute approximate surface area is 204 Å². The molecule has 8 nitrogen and oxygen atoms in total. The first-order valence-electron chi connectivity index (χ1n) is 12.3. The molecule has 0 bridgehead atoms. The van der Waals surface area contributed by atoms with Crippen LogP contribution in [0.1, 0.15) is 80.1 Å². The molecule has 34 heavy (non-hydrogen) atoms. The lowest BCUT2D eigenvalue weighted by atomic mass is 10.1. The number of phosphoric ester groups is 1. The summed E-state index contributed by atoms with van der Waals surface area (Å²) in [4.78, 5) is 32.0. The van der Waals surface area contributed by atoms with Gasteiger partial charge in [-0.3, -0.25) is 9.32 Å². The molecule has 0 aliphatic heterocycles. The molecule has 0 fully saturated rings. The highest BCUT2D eigenvalue weighted by Gasteiger charge is 2.38. The molecule has 0 heterocycles. The molecule has 208 valence electrons. The second kappa shape index (κ2) is 24.0. The summed E-state index contributed by atoms with van der Waals surface area (Å²) in [5.41, 5.74) is 0. The number of rotatable bonds is 16. The molecule has 3 N–H and O–H groups in total. The van der Waals surface area contributed by atoms with E-state index in [1.807, 2.05) is 0 Å². The highest BCUT2D eigenvalue weighted by Crippen LogP contribution is 2.35. The van der Waals surface area contributed by atoms with Gasteiger partial charge in [0.2, 0.25) is 0 Å². The van der Waals surface area contributed by atoms with Crippen LogP contribution < -0.4 is 5.32 Å². The second-order valence-electron chi connectivity index (χ2n) is 7.44. The van der Waals surface area contributed by atoms with Gasteiger partial charge >= 0.3 is 19.9 Å². The summed E-state index contributed by atoms with van der Waals surface area (Å²) in [6, 6.07) is 0. The van der Waals surface area contributed by atoms with Gasteiger partial charge in [-0.05, 0) is 52.1 Å². The molecule has 0 aliphatic rings. The molecule has 0 atom stereocenters. The van der Waals surface area contributed by atoms with E-state index in [1.54, 1.807) is 5.32 Å². The summed E-state index contributed by atoms with van der Waals surface area (Å²) in [5, 5.41) is 1.78. The van der Waals surface area contributed by atoms with Crippen molar-refractivity contribution in [2.24, 2.45) is 0 Å². The highest BCUT2D eigenvalue weighted by atomic mass is 31.2. The molecule has 0 spiro atoms. The molecular weight excluding hydrogens is 474 g/mol. The van der Waals surface area contributed by atoms with Crippen LogP contribution in [0.25, 0.3) is 0 Å². The Hall–Kier alpha value is -0.710. The maximum absolute atomic E-state index is 11.8. The number of alkyl halides is 3. The first-order valence-corrected chi connectivity index (χ1v) is 13.8. The van der Waals surface area contributed by atoms with Crippen molar-refractivity contribution >= 4 is 13.7 Å². The Kier molecular flexibility index (Phi) is 26.7. The minimum Gasteiger partial charge on any atom is -0.348 e. The lowest BCUT2D eigenvalue weighted by Gasteiger charge is -2.13. The highest BCUT2D eigenvalue weighted by molar-refractivity contribution is 7.46. The maximum atomic E-state index is 11.8. The minimum atomic E-state index is -4.83. The van der Waals surface area contributed by atoms with Crippen LogP contribution in [0.4, 0.5) is 13.2 Å². The van der Waals surface area contributed by atoms with E-state index in [0.717, 1.165) is 19.3 Å². The van der Waals surface area contributed by atoms with Crippen LogP contribution >= 0.6 is 7.82 Å². The summed E-state index contributed by atoms with van der Waals surface area (Å²) < 4.78 is 50.0. The quantitative estimate of drug-likeness (QED) is 0.197. The lowest BCUT2D eigenvalue weighted by Crippen LogP contribution is -2.37. The van der Waals surface area contributed by atoms with Gasteiger partial charge in [0.15, 0.2) is 0 Å². The monoisotopic (exact) mass is 523 g/mol. The van der Waals surface area contributed by atoms with E-state index >= 15 is 0 Å². The van der Waals surface area contributed by atoms with Gasteiger partial charge in [0.1, 0.15) is 0 Å².